The standard InChI is InChI=1S/C49H29BN2O/c1-3-14-29(15-4-1)51-40-24-11-10-23-38(40)50-39-27-26-36-44-33-20-8-7-18-31(33)34-21-13-22-35(43(34)44)45(36)47(39)52(30-16-5-2-6-17-30)48-46(50)41(51)28-37-32-19-9-12-25-42(32)53-49(37)48/h1-28,44H. The van der Waals surface area contributed by atoms with E-state index in [1.165, 1.54) is 72.4 Å². The first-order valence-electron chi connectivity index (χ1n) is 18.5. The fourth-order valence-corrected chi connectivity index (χ4v) is 10.3. The molecule has 0 N–H and O–H groups in total. The number of furan rings is 1. The first-order valence-corrected chi connectivity index (χ1v) is 18.5. The predicted molar refractivity (Wildman–Crippen MR) is 220 cm³/mol. The summed E-state index contributed by atoms with van der Waals surface area (Å²) in [6.07, 6.45) is 0. The fraction of sp³-hybridized carbons (Fsp3) is 0.0204. The van der Waals surface area contributed by atoms with Crippen LogP contribution in [0.25, 0.3) is 44.2 Å². The van der Waals surface area contributed by atoms with Gasteiger partial charge in [0.15, 0.2) is 5.58 Å². The maximum Gasteiger partial charge on any atom is 0.252 e. The Labute approximate surface area is 307 Å². The molecule has 2 aliphatic carbocycles. The molecule has 9 aromatic rings. The van der Waals surface area contributed by atoms with E-state index < -0.39 is 0 Å². The van der Waals surface area contributed by atoms with Crippen molar-refractivity contribution >= 4 is 79.2 Å². The zero-order chi connectivity index (χ0) is 34.4. The van der Waals surface area contributed by atoms with Crippen molar-refractivity contribution in [2.24, 2.45) is 0 Å². The van der Waals surface area contributed by atoms with Gasteiger partial charge in [0, 0.05) is 50.7 Å². The van der Waals surface area contributed by atoms with E-state index >= 15 is 0 Å². The van der Waals surface area contributed by atoms with Crippen LogP contribution in [-0.4, -0.2) is 6.71 Å². The Hall–Kier alpha value is -6.78. The highest BCUT2D eigenvalue weighted by Gasteiger charge is 2.48. The Morgan fingerprint density at radius 1 is 0.472 bits per heavy atom. The Kier molecular flexibility index (Phi) is 5.24. The summed E-state index contributed by atoms with van der Waals surface area (Å²) in [6, 6.07) is 62.6. The monoisotopic (exact) mass is 672 g/mol. The van der Waals surface area contributed by atoms with Crippen LogP contribution in [0, 0.1) is 0 Å². The van der Waals surface area contributed by atoms with Gasteiger partial charge >= 0.3 is 0 Å². The van der Waals surface area contributed by atoms with E-state index in [1.807, 2.05) is 0 Å². The summed E-state index contributed by atoms with van der Waals surface area (Å²) in [6.45, 7) is -0.00468. The number of benzene rings is 8. The van der Waals surface area contributed by atoms with Crippen molar-refractivity contribution < 1.29 is 4.42 Å². The summed E-state index contributed by atoms with van der Waals surface area (Å²) < 4.78 is 7.05. The van der Waals surface area contributed by atoms with Gasteiger partial charge in [-0.3, -0.25) is 0 Å². The third-order valence-electron chi connectivity index (χ3n) is 12.2. The van der Waals surface area contributed by atoms with Gasteiger partial charge in [-0.2, -0.15) is 0 Å². The van der Waals surface area contributed by atoms with Crippen molar-refractivity contribution in [3.63, 3.8) is 0 Å². The number of fused-ring (bicyclic) bond motifs is 15. The second-order valence-electron chi connectivity index (χ2n) is 14.7. The number of para-hydroxylation sites is 4. The molecule has 3 nitrogen and oxygen atoms in total. The van der Waals surface area contributed by atoms with Crippen LogP contribution in [0.4, 0.5) is 34.1 Å². The van der Waals surface area contributed by atoms with Gasteiger partial charge in [0.1, 0.15) is 5.58 Å². The van der Waals surface area contributed by atoms with E-state index in [0.717, 1.165) is 39.0 Å². The van der Waals surface area contributed by atoms with Crippen LogP contribution < -0.4 is 26.2 Å². The molecular weight excluding hydrogens is 643 g/mol. The molecule has 3 heterocycles. The smallest absolute Gasteiger partial charge is 0.252 e. The van der Waals surface area contributed by atoms with E-state index in [2.05, 4.69) is 180 Å². The van der Waals surface area contributed by atoms with Crippen LogP contribution in [0.1, 0.15) is 22.6 Å². The Morgan fingerprint density at radius 3 is 2.04 bits per heavy atom. The first-order chi connectivity index (χ1) is 26.3. The van der Waals surface area contributed by atoms with Crippen LogP contribution in [0.3, 0.4) is 0 Å². The van der Waals surface area contributed by atoms with Crippen LogP contribution in [0.5, 0.6) is 0 Å². The molecule has 0 saturated carbocycles. The van der Waals surface area contributed by atoms with Crippen molar-refractivity contribution in [2.75, 3.05) is 9.80 Å². The van der Waals surface area contributed by atoms with Crippen LogP contribution >= 0.6 is 0 Å². The Bertz CT molecular complexity index is 3040. The predicted octanol–water partition coefficient (Wildman–Crippen LogP) is 10.8. The van der Waals surface area contributed by atoms with Gasteiger partial charge in [-0.25, -0.2) is 0 Å². The molecule has 1 unspecified atom stereocenters. The van der Waals surface area contributed by atoms with Crippen molar-refractivity contribution in [1.82, 2.24) is 0 Å². The highest BCUT2D eigenvalue weighted by atomic mass is 16.3. The molecule has 13 rings (SSSR count). The van der Waals surface area contributed by atoms with Crippen molar-refractivity contribution in [3.8, 4) is 22.3 Å². The third kappa shape index (κ3) is 3.42. The fourth-order valence-electron chi connectivity index (χ4n) is 10.3. The first kappa shape index (κ1) is 27.9. The second-order valence-corrected chi connectivity index (χ2v) is 14.7. The minimum Gasteiger partial charge on any atom is -0.454 e. The van der Waals surface area contributed by atoms with Gasteiger partial charge in [0.25, 0.3) is 6.71 Å². The molecular formula is C49H29BN2O. The van der Waals surface area contributed by atoms with Gasteiger partial charge in [0.05, 0.1) is 5.69 Å². The quantitative estimate of drug-likeness (QED) is 0.171. The van der Waals surface area contributed by atoms with Gasteiger partial charge in [-0.1, -0.05) is 127 Å². The highest BCUT2D eigenvalue weighted by molar-refractivity contribution is 7.00. The largest absolute Gasteiger partial charge is 0.454 e. The molecule has 0 saturated heterocycles. The van der Waals surface area contributed by atoms with E-state index in [9.17, 15) is 0 Å². The lowest BCUT2D eigenvalue weighted by atomic mass is 9.33. The molecule has 0 spiro atoms. The average molecular weight is 673 g/mol. The maximum atomic E-state index is 7.05. The molecule has 0 amide bonds. The SMILES string of the molecule is c1ccc(N2c3ccccc3B3c4ccc5c(c4N(c4ccccc4)c4c3c2cc2c4oc3ccccc32)-c2cccc3c2C5c2ccccc2-3)cc1. The highest BCUT2D eigenvalue weighted by Crippen LogP contribution is 2.61. The van der Waals surface area contributed by atoms with E-state index in [0.29, 0.717) is 0 Å². The minimum atomic E-state index is -0.00468. The molecule has 4 aliphatic rings. The lowest BCUT2D eigenvalue weighted by molar-refractivity contribution is 0.669. The molecule has 0 bridgehead atoms. The normalized spacial score (nSPS) is 15.2. The Balaban J connectivity index is 1.22. The van der Waals surface area contributed by atoms with Crippen LogP contribution in [0.15, 0.2) is 174 Å². The summed E-state index contributed by atoms with van der Waals surface area (Å²) in [5, 5.41) is 2.25. The number of rotatable bonds is 2. The molecule has 0 radical (unpaired) electrons. The molecule has 1 atom stereocenters. The number of anilines is 6. The average Bonchev–Trinajstić information content (AvgIpc) is 3.88. The molecule has 8 aromatic carbocycles. The lowest BCUT2D eigenvalue weighted by Gasteiger charge is -2.44. The van der Waals surface area contributed by atoms with Crippen LogP contribution in [0.2, 0.25) is 0 Å². The van der Waals surface area contributed by atoms with E-state index in [-0.39, 0.29) is 12.6 Å². The molecule has 53 heavy (non-hydrogen) atoms. The van der Waals surface area contributed by atoms with Gasteiger partial charge in [0.2, 0.25) is 0 Å². The zero-order valence-electron chi connectivity index (χ0n) is 28.6. The van der Waals surface area contributed by atoms with Gasteiger partial charge in [-0.15, -0.1) is 0 Å². The summed E-state index contributed by atoms with van der Waals surface area (Å²) in [5.41, 5.74) is 22.4. The van der Waals surface area contributed by atoms with Crippen molar-refractivity contribution in [2.45, 2.75) is 5.92 Å². The minimum absolute atomic E-state index is 0.00468. The third-order valence-corrected chi connectivity index (χ3v) is 12.2. The molecule has 0 fully saturated rings. The zero-order valence-corrected chi connectivity index (χ0v) is 28.6. The molecule has 2 aliphatic heterocycles. The van der Waals surface area contributed by atoms with E-state index in [1.54, 1.807) is 0 Å². The number of hydrogen-bond donors (Lipinski definition) is 0. The maximum absolute atomic E-state index is 7.05. The number of nitrogens with zero attached hydrogens (tertiary/aromatic N) is 2. The second kappa shape index (κ2) is 9.96. The number of hydrogen-bond acceptors (Lipinski definition) is 3. The topological polar surface area (TPSA) is 19.6 Å². The molecule has 4 heteroatoms. The van der Waals surface area contributed by atoms with Crippen molar-refractivity contribution in [1.29, 1.82) is 0 Å². The van der Waals surface area contributed by atoms with Crippen LogP contribution in [-0.2, 0) is 0 Å². The molecule has 244 valence electrons. The Morgan fingerprint density at radius 2 is 1.17 bits per heavy atom. The lowest BCUT2D eigenvalue weighted by Crippen LogP contribution is -2.61. The summed E-state index contributed by atoms with van der Waals surface area (Å²) >= 11 is 0. The summed E-state index contributed by atoms with van der Waals surface area (Å²) in [5.74, 6) is 0.210. The van der Waals surface area contributed by atoms with Gasteiger partial charge in [-0.05, 0) is 92.2 Å². The summed E-state index contributed by atoms with van der Waals surface area (Å²) in [7, 11) is 0. The van der Waals surface area contributed by atoms with E-state index in [4.69, 9.17) is 4.42 Å². The van der Waals surface area contributed by atoms with Crippen molar-refractivity contribution in [3.05, 3.63) is 187 Å². The molecule has 1 aromatic heterocycles. The van der Waals surface area contributed by atoms with Gasteiger partial charge < -0.3 is 14.2 Å². The summed E-state index contributed by atoms with van der Waals surface area (Å²) in [4.78, 5) is 5.03.